The van der Waals surface area contributed by atoms with Gasteiger partial charge in [0.25, 0.3) is 0 Å². The first-order valence-corrected chi connectivity index (χ1v) is 10.8. The summed E-state index contributed by atoms with van der Waals surface area (Å²) >= 11 is 0. The second-order valence-electron chi connectivity index (χ2n) is 7.92. The number of amides is 1. The van der Waals surface area contributed by atoms with Crippen LogP contribution in [0, 0.1) is 5.41 Å². The third-order valence-corrected chi connectivity index (χ3v) is 8.24. The summed E-state index contributed by atoms with van der Waals surface area (Å²) < 4.78 is 27.0. The lowest BCUT2D eigenvalue weighted by molar-refractivity contribution is -0.139. The molecule has 0 unspecified atom stereocenters. The average Bonchev–Trinajstić information content (AvgIpc) is 3.45. The molecule has 1 atom stereocenters. The highest BCUT2D eigenvalue weighted by atomic mass is 32.2. The van der Waals surface area contributed by atoms with Gasteiger partial charge in [0, 0.05) is 38.0 Å². The fourth-order valence-corrected chi connectivity index (χ4v) is 6.33. The van der Waals surface area contributed by atoms with Crippen molar-refractivity contribution in [2.45, 2.75) is 50.3 Å². The summed E-state index contributed by atoms with van der Waals surface area (Å²) in [5, 5.41) is -0.145. The molecule has 2 aliphatic heterocycles. The van der Waals surface area contributed by atoms with Gasteiger partial charge in [0.1, 0.15) is 0 Å². The molecule has 136 valence electrons. The Morgan fingerprint density at radius 2 is 1.84 bits per heavy atom. The highest BCUT2D eigenvalue weighted by Gasteiger charge is 2.47. The Morgan fingerprint density at radius 1 is 1.08 bits per heavy atom. The Morgan fingerprint density at radius 3 is 2.56 bits per heavy atom. The first-order valence-electron chi connectivity index (χ1n) is 9.29. The minimum Gasteiger partial charge on any atom is -0.338 e. The van der Waals surface area contributed by atoms with Crippen LogP contribution in [0.2, 0.25) is 0 Å². The number of rotatable bonds is 4. The largest absolute Gasteiger partial charge is 0.338 e. The number of carbonyl (C=O) groups excluding carboxylic acids is 1. The van der Waals surface area contributed by atoms with Crippen molar-refractivity contribution in [2.24, 2.45) is 5.41 Å². The summed E-state index contributed by atoms with van der Waals surface area (Å²) in [6.45, 7) is 2.53. The zero-order valence-electron chi connectivity index (χ0n) is 14.6. The summed E-state index contributed by atoms with van der Waals surface area (Å²) in [7, 11) is -3.12. The van der Waals surface area contributed by atoms with Gasteiger partial charge < -0.3 is 4.90 Å². The summed E-state index contributed by atoms with van der Waals surface area (Å²) in [4.78, 5) is 14.4. The molecule has 3 aliphatic rings. The number of benzene rings is 1. The zero-order chi connectivity index (χ0) is 17.5. The van der Waals surface area contributed by atoms with Crippen molar-refractivity contribution in [1.29, 1.82) is 0 Å². The molecule has 1 amide bonds. The van der Waals surface area contributed by atoms with Crippen LogP contribution in [-0.4, -0.2) is 48.4 Å². The average molecular weight is 362 g/mol. The van der Waals surface area contributed by atoms with E-state index in [0.717, 1.165) is 37.7 Å². The molecule has 25 heavy (non-hydrogen) atoms. The maximum atomic E-state index is 12.7. The Bertz CT molecular complexity index is 745. The fraction of sp³-hybridized carbons (Fsp3) is 0.632. The van der Waals surface area contributed by atoms with Gasteiger partial charge in [-0.05, 0) is 37.7 Å². The Balaban J connectivity index is 1.50. The van der Waals surface area contributed by atoms with Gasteiger partial charge >= 0.3 is 0 Å². The number of hydrogen-bond donors (Lipinski definition) is 0. The van der Waals surface area contributed by atoms with Gasteiger partial charge in [0.2, 0.25) is 15.9 Å². The summed E-state index contributed by atoms with van der Waals surface area (Å²) in [5.41, 5.74) is 1.06. The predicted molar refractivity (Wildman–Crippen MR) is 96.3 cm³/mol. The monoisotopic (exact) mass is 362 g/mol. The fourth-order valence-electron chi connectivity index (χ4n) is 4.34. The highest BCUT2D eigenvalue weighted by Crippen LogP contribution is 2.42. The number of piperidine rings is 2. The smallest absolute Gasteiger partial charge is 0.222 e. The molecule has 1 spiro atoms. The van der Waals surface area contributed by atoms with Crippen LogP contribution in [0.1, 0.15) is 44.1 Å². The first-order chi connectivity index (χ1) is 12.0. The molecule has 1 saturated carbocycles. The lowest BCUT2D eigenvalue weighted by Gasteiger charge is -2.47. The molecule has 5 nitrogen and oxygen atoms in total. The minimum absolute atomic E-state index is 0.0666. The van der Waals surface area contributed by atoms with Crippen LogP contribution in [0.3, 0.4) is 0 Å². The topological polar surface area (TPSA) is 57.7 Å². The van der Waals surface area contributed by atoms with Crippen LogP contribution in [0.15, 0.2) is 30.3 Å². The molecule has 6 heteroatoms. The SMILES string of the molecule is O=C1CC[C@@]2(CCCN(S(=O)(=O)C3CC3)C2)CN1Cc1ccccc1. The quantitative estimate of drug-likeness (QED) is 0.826. The van der Waals surface area contributed by atoms with Crippen molar-refractivity contribution in [3.05, 3.63) is 35.9 Å². The Labute approximate surface area is 150 Å². The van der Waals surface area contributed by atoms with Gasteiger partial charge in [-0.15, -0.1) is 0 Å². The van der Waals surface area contributed by atoms with Crippen LogP contribution >= 0.6 is 0 Å². The molecule has 0 bridgehead atoms. The van der Waals surface area contributed by atoms with Crippen molar-refractivity contribution < 1.29 is 13.2 Å². The van der Waals surface area contributed by atoms with Crippen LogP contribution in [0.25, 0.3) is 0 Å². The number of carbonyl (C=O) groups is 1. The van der Waals surface area contributed by atoms with Gasteiger partial charge in [-0.3, -0.25) is 4.79 Å². The summed E-state index contributed by atoms with van der Waals surface area (Å²) in [5.74, 6) is 0.191. The molecular formula is C19H26N2O3S. The van der Waals surface area contributed by atoms with Gasteiger partial charge in [0.05, 0.1) is 5.25 Å². The second-order valence-corrected chi connectivity index (χ2v) is 10.1. The van der Waals surface area contributed by atoms with Gasteiger partial charge in [-0.1, -0.05) is 30.3 Å². The number of hydrogen-bond acceptors (Lipinski definition) is 3. The molecule has 2 heterocycles. The van der Waals surface area contributed by atoms with Crippen molar-refractivity contribution in [2.75, 3.05) is 19.6 Å². The molecule has 2 saturated heterocycles. The van der Waals surface area contributed by atoms with Crippen LogP contribution < -0.4 is 0 Å². The molecule has 0 aromatic heterocycles. The van der Waals surface area contributed by atoms with Crippen molar-refractivity contribution >= 4 is 15.9 Å². The lowest BCUT2D eigenvalue weighted by atomic mass is 9.74. The van der Waals surface area contributed by atoms with E-state index < -0.39 is 10.0 Å². The summed E-state index contributed by atoms with van der Waals surface area (Å²) in [6.07, 6.45) is 4.88. The summed E-state index contributed by atoms with van der Waals surface area (Å²) in [6, 6.07) is 10.0. The van der Waals surface area contributed by atoms with E-state index in [0.29, 0.717) is 32.6 Å². The van der Waals surface area contributed by atoms with Crippen LogP contribution in [-0.2, 0) is 21.4 Å². The second kappa shape index (κ2) is 6.40. The van der Waals surface area contributed by atoms with E-state index in [1.165, 1.54) is 0 Å². The molecule has 3 fully saturated rings. The zero-order valence-corrected chi connectivity index (χ0v) is 15.4. The van der Waals surface area contributed by atoms with E-state index in [9.17, 15) is 13.2 Å². The van der Waals surface area contributed by atoms with Crippen molar-refractivity contribution in [3.8, 4) is 0 Å². The van der Waals surface area contributed by atoms with E-state index >= 15 is 0 Å². The van der Waals surface area contributed by atoms with E-state index in [1.54, 1.807) is 4.31 Å². The highest BCUT2D eigenvalue weighted by molar-refractivity contribution is 7.90. The lowest BCUT2D eigenvalue weighted by Crippen LogP contribution is -2.55. The number of sulfonamides is 1. The van der Waals surface area contributed by atoms with E-state index in [2.05, 4.69) is 0 Å². The maximum Gasteiger partial charge on any atom is 0.222 e. The third kappa shape index (κ3) is 3.47. The Kier molecular flexibility index (Phi) is 4.36. The van der Waals surface area contributed by atoms with Crippen molar-refractivity contribution in [3.63, 3.8) is 0 Å². The minimum atomic E-state index is -3.12. The molecule has 1 aromatic rings. The normalized spacial score (nSPS) is 28.5. The molecule has 1 aliphatic carbocycles. The standard InChI is InChI=1S/C19H26N2O3S/c22-18-9-11-19(14-20(18)13-16-5-2-1-3-6-16)10-4-12-21(15-19)25(23,24)17-7-8-17/h1-3,5-6,17H,4,7-15H2/t19-/m0/s1. The van der Waals surface area contributed by atoms with E-state index in [4.69, 9.17) is 0 Å². The third-order valence-electron chi connectivity index (χ3n) is 5.90. The van der Waals surface area contributed by atoms with Gasteiger partial charge in [-0.2, -0.15) is 0 Å². The molecule has 4 rings (SSSR count). The molecule has 0 N–H and O–H groups in total. The number of likely N-dealkylation sites (tertiary alicyclic amines) is 1. The number of nitrogens with zero attached hydrogens (tertiary/aromatic N) is 2. The molecule has 1 aromatic carbocycles. The van der Waals surface area contributed by atoms with Gasteiger partial charge in [0.15, 0.2) is 0 Å². The first kappa shape index (κ1) is 17.0. The van der Waals surface area contributed by atoms with Crippen molar-refractivity contribution in [1.82, 2.24) is 9.21 Å². The maximum absolute atomic E-state index is 12.7. The van der Waals surface area contributed by atoms with Crippen LogP contribution in [0.5, 0.6) is 0 Å². The molecule has 0 radical (unpaired) electrons. The molecular weight excluding hydrogens is 336 g/mol. The van der Waals surface area contributed by atoms with Gasteiger partial charge in [-0.25, -0.2) is 12.7 Å². The predicted octanol–water partition coefficient (Wildman–Crippen LogP) is 2.38. The van der Waals surface area contributed by atoms with E-state index in [1.807, 2.05) is 35.2 Å². The van der Waals surface area contributed by atoms with Crippen LogP contribution in [0.4, 0.5) is 0 Å². The Hall–Kier alpha value is -1.40. The van der Waals surface area contributed by atoms with E-state index in [-0.39, 0.29) is 16.6 Å².